The molecule has 0 spiro atoms. The summed E-state index contributed by atoms with van der Waals surface area (Å²) in [6, 6.07) is 22.5. The third-order valence-electron chi connectivity index (χ3n) is 5.35. The van der Waals surface area contributed by atoms with Crippen LogP contribution in [-0.2, 0) is 6.54 Å². The third kappa shape index (κ3) is 4.58. The van der Waals surface area contributed by atoms with Crippen molar-refractivity contribution in [1.29, 1.82) is 0 Å². The summed E-state index contributed by atoms with van der Waals surface area (Å²) in [5.41, 5.74) is 1.18. The number of benzene rings is 3. The summed E-state index contributed by atoms with van der Waals surface area (Å²) in [6.07, 6.45) is 0. The van der Waals surface area contributed by atoms with Crippen LogP contribution in [0.1, 0.15) is 26.7 Å². The predicted molar refractivity (Wildman–Crippen MR) is 131 cm³/mol. The van der Waals surface area contributed by atoms with Crippen molar-refractivity contribution in [2.45, 2.75) is 6.54 Å². The van der Waals surface area contributed by atoms with E-state index in [9.17, 15) is 19.2 Å². The Morgan fingerprint density at radius 3 is 1.86 bits per heavy atom. The molecule has 35 heavy (non-hydrogen) atoms. The number of nitrogens with one attached hydrogen (secondary N) is 2. The Morgan fingerprint density at radius 2 is 1.23 bits per heavy atom. The quantitative estimate of drug-likeness (QED) is 0.403. The summed E-state index contributed by atoms with van der Waals surface area (Å²) >= 11 is 0. The Morgan fingerprint density at radius 1 is 0.657 bits per heavy atom. The van der Waals surface area contributed by atoms with E-state index in [0.29, 0.717) is 33.2 Å². The number of hydrogen-bond donors (Lipinski definition) is 2. The van der Waals surface area contributed by atoms with Gasteiger partial charge >= 0.3 is 0 Å². The van der Waals surface area contributed by atoms with Gasteiger partial charge in [-0.15, -0.1) is 0 Å². The van der Waals surface area contributed by atoms with Crippen molar-refractivity contribution in [1.82, 2.24) is 5.32 Å². The van der Waals surface area contributed by atoms with E-state index in [1.807, 2.05) is 0 Å². The molecular weight excluding hydrogens is 448 g/mol. The Hall–Kier alpha value is -4.98. The first-order valence-electron chi connectivity index (χ1n) is 10.7. The SMILES string of the molecule is O=C(NCc1cccc(NC(=O)c2cc(=O)c3ccccc3o2)c1)c1cc(=O)c2ccccc2o1. The van der Waals surface area contributed by atoms with E-state index in [-0.39, 0.29) is 28.9 Å². The molecule has 0 radical (unpaired) electrons. The predicted octanol–water partition coefficient (Wildman–Crippen LogP) is 4.08. The molecule has 0 unspecified atom stereocenters. The molecule has 0 saturated heterocycles. The second-order valence-corrected chi connectivity index (χ2v) is 7.78. The van der Waals surface area contributed by atoms with Gasteiger partial charge in [-0.25, -0.2) is 0 Å². The standard InChI is InChI=1S/C27H18N2O6/c30-20-13-24(34-22-10-3-1-8-18(20)22)26(32)28-15-16-6-5-7-17(12-16)29-27(33)25-14-21(31)19-9-2-4-11-23(19)35-25/h1-14H,15H2,(H,28,32)(H,29,33). The first-order chi connectivity index (χ1) is 17.0. The van der Waals surface area contributed by atoms with Crippen LogP contribution in [0.15, 0.2) is 103 Å². The number of carbonyl (C=O) groups is 2. The number of hydrogen-bond acceptors (Lipinski definition) is 6. The van der Waals surface area contributed by atoms with Crippen LogP contribution < -0.4 is 21.5 Å². The van der Waals surface area contributed by atoms with Crippen LogP contribution in [0, 0.1) is 0 Å². The van der Waals surface area contributed by atoms with Crippen LogP contribution in [0.5, 0.6) is 0 Å². The summed E-state index contributed by atoms with van der Waals surface area (Å²) < 4.78 is 11.1. The molecule has 0 aliphatic carbocycles. The average molecular weight is 466 g/mol. The minimum absolute atomic E-state index is 0.0931. The van der Waals surface area contributed by atoms with Gasteiger partial charge in [0.15, 0.2) is 22.4 Å². The number of amides is 2. The highest BCUT2D eigenvalue weighted by molar-refractivity contribution is 6.03. The monoisotopic (exact) mass is 466 g/mol. The van der Waals surface area contributed by atoms with Crippen molar-refractivity contribution in [3.05, 3.63) is 122 Å². The topological polar surface area (TPSA) is 119 Å². The van der Waals surface area contributed by atoms with Gasteiger partial charge in [0.25, 0.3) is 11.8 Å². The fraction of sp³-hybridized carbons (Fsp3) is 0.0370. The van der Waals surface area contributed by atoms with Gasteiger partial charge in [0.05, 0.1) is 10.8 Å². The van der Waals surface area contributed by atoms with Crippen molar-refractivity contribution in [2.24, 2.45) is 0 Å². The van der Waals surface area contributed by atoms with Crippen LogP contribution >= 0.6 is 0 Å². The van der Waals surface area contributed by atoms with Crippen molar-refractivity contribution in [3.63, 3.8) is 0 Å². The number of carbonyl (C=O) groups excluding carboxylic acids is 2. The molecule has 0 atom stereocenters. The number of anilines is 1. The lowest BCUT2D eigenvalue weighted by Gasteiger charge is -2.09. The minimum Gasteiger partial charge on any atom is -0.451 e. The molecule has 2 heterocycles. The molecule has 0 aliphatic heterocycles. The van der Waals surface area contributed by atoms with Gasteiger partial charge < -0.3 is 19.5 Å². The van der Waals surface area contributed by atoms with E-state index in [1.54, 1.807) is 72.8 Å². The molecule has 2 N–H and O–H groups in total. The highest BCUT2D eigenvalue weighted by Crippen LogP contribution is 2.16. The smallest absolute Gasteiger partial charge is 0.291 e. The highest BCUT2D eigenvalue weighted by Gasteiger charge is 2.14. The van der Waals surface area contributed by atoms with E-state index in [0.717, 1.165) is 12.1 Å². The summed E-state index contributed by atoms with van der Waals surface area (Å²) in [6.45, 7) is 0.129. The van der Waals surface area contributed by atoms with Gasteiger partial charge in [0.2, 0.25) is 0 Å². The van der Waals surface area contributed by atoms with E-state index < -0.39 is 11.8 Å². The Labute approximate surface area is 197 Å². The van der Waals surface area contributed by atoms with E-state index >= 15 is 0 Å². The molecule has 8 nitrogen and oxygen atoms in total. The van der Waals surface area contributed by atoms with Crippen molar-refractivity contribution < 1.29 is 18.4 Å². The van der Waals surface area contributed by atoms with Gasteiger partial charge in [0.1, 0.15) is 11.2 Å². The maximum Gasteiger partial charge on any atom is 0.291 e. The minimum atomic E-state index is -0.577. The lowest BCUT2D eigenvalue weighted by atomic mass is 10.2. The Bertz CT molecular complexity index is 1720. The van der Waals surface area contributed by atoms with E-state index in [4.69, 9.17) is 8.83 Å². The second-order valence-electron chi connectivity index (χ2n) is 7.78. The fourth-order valence-corrected chi connectivity index (χ4v) is 3.65. The number of para-hydroxylation sites is 2. The normalized spacial score (nSPS) is 10.9. The molecule has 2 aromatic heterocycles. The molecule has 172 valence electrons. The molecule has 0 aliphatic rings. The zero-order chi connectivity index (χ0) is 24.4. The van der Waals surface area contributed by atoms with Crippen LogP contribution in [0.4, 0.5) is 5.69 Å². The van der Waals surface area contributed by atoms with Crippen LogP contribution in [-0.4, -0.2) is 11.8 Å². The zero-order valence-corrected chi connectivity index (χ0v) is 18.2. The maximum absolute atomic E-state index is 12.7. The highest BCUT2D eigenvalue weighted by atomic mass is 16.3. The van der Waals surface area contributed by atoms with E-state index in [1.165, 1.54) is 0 Å². The average Bonchev–Trinajstić information content (AvgIpc) is 2.87. The molecule has 3 aromatic carbocycles. The van der Waals surface area contributed by atoms with Gasteiger partial charge in [0, 0.05) is 24.4 Å². The first-order valence-corrected chi connectivity index (χ1v) is 10.7. The summed E-state index contributed by atoms with van der Waals surface area (Å²) in [4.78, 5) is 49.7. The molecule has 0 saturated carbocycles. The summed E-state index contributed by atoms with van der Waals surface area (Å²) in [5, 5.41) is 6.19. The molecule has 0 fully saturated rings. The first kappa shape index (κ1) is 21.8. The van der Waals surface area contributed by atoms with Crippen molar-refractivity contribution in [3.8, 4) is 0 Å². The van der Waals surface area contributed by atoms with Crippen LogP contribution in [0.3, 0.4) is 0 Å². The zero-order valence-electron chi connectivity index (χ0n) is 18.2. The lowest BCUT2D eigenvalue weighted by molar-refractivity contribution is 0.0923. The molecule has 0 bridgehead atoms. The Balaban J connectivity index is 1.29. The van der Waals surface area contributed by atoms with Crippen molar-refractivity contribution >= 4 is 39.4 Å². The van der Waals surface area contributed by atoms with Crippen LogP contribution in [0.2, 0.25) is 0 Å². The number of rotatable bonds is 5. The fourth-order valence-electron chi connectivity index (χ4n) is 3.65. The largest absolute Gasteiger partial charge is 0.451 e. The molecule has 5 aromatic rings. The molecular formula is C27H18N2O6. The number of fused-ring (bicyclic) bond motifs is 2. The Kier molecular flexibility index (Phi) is 5.68. The molecule has 8 heteroatoms. The van der Waals surface area contributed by atoms with E-state index in [2.05, 4.69) is 10.6 Å². The molecule has 5 rings (SSSR count). The summed E-state index contributed by atoms with van der Waals surface area (Å²) in [7, 11) is 0. The van der Waals surface area contributed by atoms with Crippen LogP contribution in [0.25, 0.3) is 21.9 Å². The third-order valence-corrected chi connectivity index (χ3v) is 5.35. The van der Waals surface area contributed by atoms with Crippen molar-refractivity contribution in [2.75, 3.05) is 5.32 Å². The lowest BCUT2D eigenvalue weighted by Crippen LogP contribution is -2.24. The maximum atomic E-state index is 12.7. The van der Waals surface area contributed by atoms with Gasteiger partial charge in [-0.2, -0.15) is 0 Å². The van der Waals surface area contributed by atoms with Gasteiger partial charge in [-0.3, -0.25) is 19.2 Å². The van der Waals surface area contributed by atoms with Gasteiger partial charge in [-0.05, 0) is 42.0 Å². The summed E-state index contributed by atoms with van der Waals surface area (Å²) in [5.74, 6) is -1.32. The second kappa shape index (κ2) is 9.11. The molecule has 2 amide bonds. The van der Waals surface area contributed by atoms with Gasteiger partial charge in [-0.1, -0.05) is 36.4 Å².